The first-order chi connectivity index (χ1) is 31.9. The van der Waals surface area contributed by atoms with Gasteiger partial charge >= 0.3 is 5.97 Å². The molecule has 0 aliphatic carbocycles. The Morgan fingerprint density at radius 3 is 1.46 bits per heavy atom. The molecule has 4 fully saturated rings. The normalized spacial score (nSPS) is 22.9. The molecule has 0 unspecified atom stereocenters. The molecule has 0 saturated carbocycles. The van der Waals surface area contributed by atoms with Crippen molar-refractivity contribution >= 4 is 116 Å². The van der Waals surface area contributed by atoms with Gasteiger partial charge in [0.05, 0.1) is 51.9 Å². The molecule has 6 aliphatic rings. The highest BCUT2D eigenvalue weighted by Gasteiger charge is 2.56. The second-order valence-corrected chi connectivity index (χ2v) is 20.8. The molecule has 10 N–H and O–H groups in total. The number of likely N-dealkylation sites (N-methyl/N-ethyl adjacent to an activating group) is 2. The minimum atomic E-state index is -1.37. The van der Waals surface area contributed by atoms with E-state index in [1.54, 1.807) is 17.7 Å². The summed E-state index contributed by atoms with van der Waals surface area (Å²) in [5, 5.41) is 44.8. The summed E-state index contributed by atoms with van der Waals surface area (Å²) in [6, 6.07) is -1.75. The Labute approximate surface area is 432 Å². The number of amides is 4. The van der Waals surface area contributed by atoms with Crippen molar-refractivity contribution < 1.29 is 80.6 Å². The second-order valence-electron chi connectivity index (χ2n) is 16.8. The number of aliphatic carboxylic acids is 2. The molecule has 4 atom stereocenters. The summed E-state index contributed by atoms with van der Waals surface area (Å²) in [7, 11) is 6.81. The SMILES string of the molecule is CCO.CO/N=C(\C(=O)N[C@@H]1C(=O)N2C(C(=O)O)=C(C[N+]3(C)CCCC3)CS[C@H]12)c1csc(N)n1.CO/N=C(\C(=O)N[C@@H]1C(=O)N2C(C(=O)[O-])=C(C[N+]3(C)CCCC3)CS[C@H]12)c1csc(N)n1.Cl.O.[Cl-]. The van der Waals surface area contributed by atoms with Crippen LogP contribution in [-0.4, -0.2) is 200 Å². The maximum Gasteiger partial charge on any atom is 0.352 e. The summed E-state index contributed by atoms with van der Waals surface area (Å²) >= 11 is 5.18. The van der Waals surface area contributed by atoms with E-state index in [0.717, 1.165) is 89.1 Å². The van der Waals surface area contributed by atoms with E-state index < -0.39 is 58.4 Å². The van der Waals surface area contributed by atoms with Crippen molar-refractivity contribution in [2.45, 2.75) is 55.4 Å². The molecule has 24 nitrogen and oxygen atoms in total. The van der Waals surface area contributed by atoms with Gasteiger partial charge in [-0.1, -0.05) is 10.3 Å². The van der Waals surface area contributed by atoms with Crippen LogP contribution in [0.3, 0.4) is 0 Å². The molecule has 8 rings (SSSR count). The maximum atomic E-state index is 12.9. The fraction of sp³-hybridized carbons (Fsp3) is 0.550. The average molecular weight is 1100 g/mol. The van der Waals surface area contributed by atoms with Crippen LogP contribution < -0.4 is 39.6 Å². The lowest BCUT2D eigenvalue weighted by Crippen LogP contribution is -3.00. The van der Waals surface area contributed by atoms with E-state index in [9.17, 15) is 39.0 Å². The molecule has 388 valence electrons. The van der Waals surface area contributed by atoms with Gasteiger partial charge in [-0.3, -0.25) is 29.0 Å². The predicted molar refractivity (Wildman–Crippen MR) is 261 cm³/mol. The zero-order chi connectivity index (χ0) is 48.8. The first kappa shape index (κ1) is 59.5. The molecule has 4 saturated heterocycles. The van der Waals surface area contributed by atoms with Crippen molar-refractivity contribution in [2.75, 3.05) is 97.2 Å². The number of halogens is 2. The van der Waals surface area contributed by atoms with Crippen LogP contribution in [0.2, 0.25) is 0 Å². The molecule has 0 aromatic carbocycles. The smallest absolute Gasteiger partial charge is 0.352 e. The number of carbonyl (C=O) groups excluding carboxylic acids is 5. The van der Waals surface area contributed by atoms with Crippen LogP contribution in [0.15, 0.2) is 43.6 Å². The summed E-state index contributed by atoms with van der Waals surface area (Å²) in [5.74, 6) is -3.77. The summed E-state index contributed by atoms with van der Waals surface area (Å²) < 4.78 is 1.54. The standard InChI is InChI=1S/2C19H24N6O5S2.C2H6O.2ClH.H2O/c2*1-25(5-3-4-6-25)7-10-8-31-17-13(16(27)24(17)14(10)18(28)29)22-15(26)12(23-30-2)11-9-32-19(20)21-11;1-2-3;;;/h2*9,13,17H,3-8H2,1-2H3,(H3-,20,21,22,26,28,29);3H,2H2,1H3;2*1H;1H2/b2*23-12-;;;;/t2*13-,17-;;;;/m11..../s1. The van der Waals surface area contributed by atoms with Gasteiger partial charge in [0.2, 0.25) is 0 Å². The number of oxime groups is 2. The number of β-lactam (4-membered cyclic amide) rings is 2. The number of fused-ring (bicyclic) bond motifs is 2. The van der Waals surface area contributed by atoms with Crippen molar-refractivity contribution in [2.24, 2.45) is 10.3 Å². The Bertz CT molecular complexity index is 2230. The van der Waals surface area contributed by atoms with Gasteiger partial charge in [0.25, 0.3) is 23.6 Å². The number of anilines is 2. The largest absolute Gasteiger partial charge is 1.00 e. The number of carboxylic acids is 2. The third-order valence-corrected chi connectivity index (χ3v) is 15.9. The second kappa shape index (κ2) is 25.6. The number of aliphatic hydroxyl groups is 1. The quantitative estimate of drug-likeness (QED) is 0.0449. The summed E-state index contributed by atoms with van der Waals surface area (Å²) in [6.07, 6.45) is 4.45. The molecular formula is C40H58Cl2N12O12S4. The topological polar surface area (TPSA) is 349 Å². The van der Waals surface area contributed by atoms with Gasteiger partial charge in [-0.25, -0.2) is 14.8 Å². The van der Waals surface area contributed by atoms with Crippen molar-refractivity contribution in [3.8, 4) is 0 Å². The number of nitrogen functional groups attached to an aromatic ring is 2. The molecule has 8 heterocycles. The number of carboxylic acid groups (broad SMARTS) is 2. The van der Waals surface area contributed by atoms with E-state index in [-0.39, 0.29) is 81.4 Å². The molecule has 70 heavy (non-hydrogen) atoms. The molecule has 0 bridgehead atoms. The van der Waals surface area contributed by atoms with E-state index in [1.165, 1.54) is 47.5 Å². The summed E-state index contributed by atoms with van der Waals surface area (Å²) in [6.45, 7) is 7.07. The van der Waals surface area contributed by atoms with Crippen LogP contribution >= 0.6 is 58.6 Å². The number of aliphatic hydroxyl groups excluding tert-OH is 1. The highest BCUT2D eigenvalue weighted by Crippen LogP contribution is 2.42. The Morgan fingerprint density at radius 1 is 0.786 bits per heavy atom. The van der Waals surface area contributed by atoms with Gasteiger partial charge in [-0.15, -0.1) is 58.6 Å². The number of carbonyl (C=O) groups is 6. The van der Waals surface area contributed by atoms with Crippen LogP contribution in [-0.2, 0) is 38.4 Å². The molecule has 2 aromatic heterocycles. The fourth-order valence-corrected chi connectivity index (χ4v) is 12.6. The highest BCUT2D eigenvalue weighted by atomic mass is 35.5. The van der Waals surface area contributed by atoms with Crippen LogP contribution in [0.5, 0.6) is 0 Å². The lowest BCUT2D eigenvalue weighted by Gasteiger charge is -2.51. The van der Waals surface area contributed by atoms with E-state index in [1.807, 2.05) is 0 Å². The number of nitrogens with one attached hydrogen (secondary N) is 2. The molecular weight excluding hydrogens is 1040 g/mol. The van der Waals surface area contributed by atoms with E-state index >= 15 is 0 Å². The van der Waals surface area contributed by atoms with Gasteiger partial charge in [0.15, 0.2) is 21.7 Å². The van der Waals surface area contributed by atoms with E-state index in [4.69, 9.17) is 26.2 Å². The van der Waals surface area contributed by atoms with Crippen molar-refractivity contribution in [3.63, 3.8) is 0 Å². The minimum absolute atomic E-state index is 0. The maximum absolute atomic E-state index is 12.9. The van der Waals surface area contributed by atoms with Crippen LogP contribution in [0.4, 0.5) is 10.3 Å². The van der Waals surface area contributed by atoms with Crippen LogP contribution in [0.25, 0.3) is 0 Å². The monoisotopic (exact) mass is 1100 g/mol. The minimum Gasteiger partial charge on any atom is -1.00 e. The van der Waals surface area contributed by atoms with Crippen molar-refractivity contribution in [3.05, 3.63) is 44.7 Å². The zero-order valence-electron chi connectivity index (χ0n) is 38.9. The van der Waals surface area contributed by atoms with Gasteiger partial charge in [-0.05, 0) is 6.92 Å². The van der Waals surface area contributed by atoms with E-state index in [2.05, 4.69) is 45.0 Å². The van der Waals surface area contributed by atoms with E-state index in [0.29, 0.717) is 30.2 Å². The number of nitrogens with two attached hydrogens (primary N) is 2. The van der Waals surface area contributed by atoms with Crippen molar-refractivity contribution in [1.29, 1.82) is 0 Å². The average Bonchev–Trinajstić information content (AvgIpc) is 4.12. The molecule has 0 spiro atoms. The lowest BCUT2D eigenvalue weighted by atomic mass is 10.0. The Hall–Kier alpha value is -4.78. The number of nitrogens with zero attached hydrogens (tertiary/aromatic N) is 8. The fourth-order valence-electron chi connectivity index (χ4n) is 8.84. The van der Waals surface area contributed by atoms with Crippen molar-refractivity contribution in [1.82, 2.24) is 30.4 Å². The predicted octanol–water partition coefficient (Wildman–Crippen LogP) is -4.63. The molecule has 6 aliphatic heterocycles. The number of rotatable bonds is 14. The number of thiazole rings is 2. The highest BCUT2D eigenvalue weighted by molar-refractivity contribution is 8.00. The Morgan fingerprint density at radius 2 is 1.14 bits per heavy atom. The summed E-state index contributed by atoms with van der Waals surface area (Å²) in [5.41, 5.74) is 13.0. The zero-order valence-corrected chi connectivity index (χ0v) is 43.7. The molecule has 0 radical (unpaired) electrons. The third-order valence-electron chi connectivity index (χ3n) is 11.8. The number of likely N-dealkylation sites (tertiary alicyclic amines) is 2. The third kappa shape index (κ3) is 13.0. The first-order valence-corrected chi connectivity index (χ1v) is 25.1. The van der Waals surface area contributed by atoms with Gasteiger partial charge < -0.3 is 78.7 Å². The number of aromatic nitrogens is 2. The van der Waals surface area contributed by atoms with Gasteiger partial charge in [0.1, 0.15) is 67.2 Å². The molecule has 2 aromatic rings. The van der Waals surface area contributed by atoms with Crippen LogP contribution in [0.1, 0.15) is 44.0 Å². The Balaban J connectivity index is 0.000000337. The number of hydrogen-bond acceptors (Lipinski definition) is 20. The van der Waals surface area contributed by atoms with Gasteiger partial charge in [0, 0.05) is 65.7 Å². The number of quaternary nitrogens is 2. The molecule has 4 amide bonds. The number of thioether (sulfide) groups is 2. The number of hydrogen-bond donors (Lipinski definition) is 6. The first-order valence-electron chi connectivity index (χ1n) is 21.2. The lowest BCUT2D eigenvalue weighted by molar-refractivity contribution is -0.893. The van der Waals surface area contributed by atoms with Gasteiger partial charge in [-0.2, -0.15) is 0 Å². The summed E-state index contributed by atoms with van der Waals surface area (Å²) in [4.78, 5) is 95.6. The Kier molecular flexibility index (Phi) is 21.7. The molecule has 30 heteroatoms. The van der Waals surface area contributed by atoms with Crippen LogP contribution in [0, 0.1) is 0 Å².